The number of halogens is 1. The van der Waals surface area contributed by atoms with Crippen LogP contribution in [0.25, 0.3) is 11.1 Å². The molecule has 6 nitrogen and oxygen atoms in total. The van der Waals surface area contributed by atoms with Gasteiger partial charge in [0.05, 0.1) is 20.2 Å². The fraction of sp³-hybridized carbons (Fsp3) is 0.143. The van der Waals surface area contributed by atoms with Gasteiger partial charge >= 0.3 is 0 Å². The van der Waals surface area contributed by atoms with Crippen LogP contribution >= 0.6 is 11.6 Å². The molecule has 0 aliphatic carbocycles. The molecule has 2 amide bonds. The molecule has 5 aromatic rings. The molecule has 0 atom stereocenters. The van der Waals surface area contributed by atoms with Crippen molar-refractivity contribution < 1.29 is 14.3 Å². The summed E-state index contributed by atoms with van der Waals surface area (Å²) in [5.41, 5.74) is 7.81. The zero-order valence-corrected chi connectivity index (χ0v) is 24.2. The van der Waals surface area contributed by atoms with Gasteiger partial charge in [-0.15, -0.1) is 0 Å². The number of nitrogens with one attached hydrogen (secondary N) is 1. The van der Waals surface area contributed by atoms with Crippen molar-refractivity contribution in [1.29, 1.82) is 0 Å². The molecule has 0 unspecified atom stereocenters. The molecule has 1 N–H and O–H groups in total. The Morgan fingerprint density at radius 3 is 2.40 bits per heavy atom. The number of fused-ring (bicyclic) bond motifs is 2. The van der Waals surface area contributed by atoms with E-state index in [0.29, 0.717) is 41.7 Å². The Bertz CT molecular complexity index is 1790. The number of carbonyl (C=O) groups is 2. The highest BCUT2D eigenvalue weighted by atomic mass is 35.5. The summed E-state index contributed by atoms with van der Waals surface area (Å²) in [5.74, 6) is 0.326. The fourth-order valence-electron chi connectivity index (χ4n) is 5.49. The zero-order valence-electron chi connectivity index (χ0n) is 23.4. The molecule has 0 spiro atoms. The Morgan fingerprint density at radius 1 is 0.857 bits per heavy atom. The maximum absolute atomic E-state index is 14.1. The van der Waals surface area contributed by atoms with Gasteiger partial charge in [-0.05, 0) is 77.7 Å². The largest absolute Gasteiger partial charge is 0.496 e. The summed E-state index contributed by atoms with van der Waals surface area (Å²) in [7, 11) is 1.62. The van der Waals surface area contributed by atoms with Crippen LogP contribution in [-0.2, 0) is 19.6 Å². The zero-order chi connectivity index (χ0) is 29.2. The first kappa shape index (κ1) is 27.4. The molecule has 0 radical (unpaired) electrons. The molecular formula is C35H30ClN3O3. The first-order valence-electron chi connectivity index (χ1n) is 13.8. The number of methoxy groups -OCH3 is 1. The van der Waals surface area contributed by atoms with Crippen molar-refractivity contribution in [1.82, 2.24) is 9.88 Å². The Kier molecular flexibility index (Phi) is 7.55. The summed E-state index contributed by atoms with van der Waals surface area (Å²) in [6.45, 7) is 3.24. The monoisotopic (exact) mass is 575 g/mol. The first-order chi connectivity index (χ1) is 20.4. The molecule has 0 saturated carbocycles. The van der Waals surface area contributed by atoms with Crippen molar-refractivity contribution in [3.8, 4) is 16.9 Å². The smallest absolute Gasteiger partial charge is 0.268 e. The van der Waals surface area contributed by atoms with E-state index < -0.39 is 0 Å². The number of ether oxygens (including phenoxy) is 1. The van der Waals surface area contributed by atoms with E-state index in [9.17, 15) is 9.59 Å². The van der Waals surface area contributed by atoms with Gasteiger partial charge in [-0.2, -0.15) is 0 Å². The van der Waals surface area contributed by atoms with Crippen LogP contribution < -0.4 is 15.0 Å². The highest BCUT2D eigenvalue weighted by Crippen LogP contribution is 2.35. The third-order valence-corrected chi connectivity index (χ3v) is 7.98. The lowest BCUT2D eigenvalue weighted by atomic mass is 9.98. The van der Waals surface area contributed by atoms with Gasteiger partial charge in [0.15, 0.2) is 0 Å². The summed E-state index contributed by atoms with van der Waals surface area (Å²) in [5, 5.41) is 3.67. The van der Waals surface area contributed by atoms with Gasteiger partial charge in [-0.25, -0.2) is 0 Å². The standard InChI is InChI=1S/C35H30ClN3O3/c1-23-7-3-5-9-29(23)30-17-13-25(19-33(30)42-2)35(41)39-22-28-16-18-32(38(28)21-26-8-4-6-10-31(26)39)34(40)37-20-24-11-14-27(36)15-12-24/h3-19H,20-22H2,1-2H3,(H,37,40). The molecule has 7 heteroatoms. The van der Waals surface area contributed by atoms with E-state index in [1.54, 1.807) is 24.1 Å². The van der Waals surface area contributed by atoms with Crippen molar-refractivity contribution >= 4 is 29.1 Å². The number of carbonyl (C=O) groups excluding carboxylic acids is 2. The normalized spacial score (nSPS) is 12.2. The minimum Gasteiger partial charge on any atom is -0.496 e. The molecule has 0 saturated heterocycles. The minimum absolute atomic E-state index is 0.138. The second kappa shape index (κ2) is 11.6. The molecule has 210 valence electrons. The number of rotatable bonds is 6. The molecule has 0 fully saturated rings. The molecule has 42 heavy (non-hydrogen) atoms. The fourth-order valence-corrected chi connectivity index (χ4v) is 5.62. The molecule has 1 aromatic heterocycles. The number of para-hydroxylation sites is 1. The summed E-state index contributed by atoms with van der Waals surface area (Å²) in [6, 6.07) is 32.7. The summed E-state index contributed by atoms with van der Waals surface area (Å²) in [6.07, 6.45) is 0. The Balaban J connectivity index is 1.30. The quantitative estimate of drug-likeness (QED) is 0.232. The van der Waals surface area contributed by atoms with E-state index in [1.165, 1.54) is 0 Å². The topological polar surface area (TPSA) is 63.6 Å². The van der Waals surface area contributed by atoms with E-state index in [0.717, 1.165) is 39.2 Å². The molecule has 0 bridgehead atoms. The van der Waals surface area contributed by atoms with Crippen LogP contribution in [0.3, 0.4) is 0 Å². The lowest BCUT2D eigenvalue weighted by Gasteiger charge is -2.23. The maximum atomic E-state index is 14.1. The van der Waals surface area contributed by atoms with Crippen molar-refractivity contribution in [3.05, 3.63) is 142 Å². The molecular weight excluding hydrogens is 546 g/mol. The number of hydrogen-bond donors (Lipinski definition) is 1. The van der Waals surface area contributed by atoms with Crippen LogP contribution in [0, 0.1) is 6.92 Å². The third-order valence-electron chi connectivity index (χ3n) is 7.73. The number of benzene rings is 4. The van der Waals surface area contributed by atoms with E-state index in [-0.39, 0.29) is 11.8 Å². The van der Waals surface area contributed by atoms with Crippen LogP contribution in [-0.4, -0.2) is 23.5 Å². The van der Waals surface area contributed by atoms with E-state index >= 15 is 0 Å². The highest BCUT2D eigenvalue weighted by Gasteiger charge is 2.28. The average molecular weight is 576 g/mol. The lowest BCUT2D eigenvalue weighted by Crippen LogP contribution is -2.30. The maximum Gasteiger partial charge on any atom is 0.268 e. The van der Waals surface area contributed by atoms with E-state index in [2.05, 4.69) is 24.4 Å². The molecule has 1 aliphatic heterocycles. The second-order valence-electron chi connectivity index (χ2n) is 10.4. The highest BCUT2D eigenvalue weighted by molar-refractivity contribution is 6.30. The van der Waals surface area contributed by atoms with E-state index in [4.69, 9.17) is 16.3 Å². The Morgan fingerprint density at radius 2 is 1.62 bits per heavy atom. The second-order valence-corrected chi connectivity index (χ2v) is 10.8. The van der Waals surface area contributed by atoms with Crippen molar-refractivity contribution in [2.75, 3.05) is 12.0 Å². The first-order valence-corrected chi connectivity index (χ1v) is 14.2. The SMILES string of the molecule is COc1cc(C(=O)N2Cc3ccc(C(=O)NCc4ccc(Cl)cc4)n3Cc3ccccc32)ccc1-c1ccccc1C. The van der Waals surface area contributed by atoms with Crippen LogP contribution in [0.4, 0.5) is 5.69 Å². The van der Waals surface area contributed by atoms with Crippen molar-refractivity contribution in [2.45, 2.75) is 26.6 Å². The van der Waals surface area contributed by atoms with Gasteiger partial charge in [0.1, 0.15) is 11.4 Å². The molecule has 2 heterocycles. The molecule has 1 aliphatic rings. The number of amides is 2. The number of hydrogen-bond acceptors (Lipinski definition) is 3. The Hall–Kier alpha value is -4.81. The predicted octanol–water partition coefficient (Wildman–Crippen LogP) is 7.26. The predicted molar refractivity (Wildman–Crippen MR) is 166 cm³/mol. The van der Waals surface area contributed by atoms with Gasteiger partial charge in [0.2, 0.25) is 0 Å². The van der Waals surface area contributed by atoms with Crippen LogP contribution in [0.1, 0.15) is 43.2 Å². The summed E-state index contributed by atoms with van der Waals surface area (Å²) >= 11 is 5.99. The molecule has 4 aromatic carbocycles. The van der Waals surface area contributed by atoms with Gasteiger partial charge in [0.25, 0.3) is 11.8 Å². The molecule has 6 rings (SSSR count). The number of nitrogens with zero attached hydrogens (tertiary/aromatic N) is 2. The van der Waals surface area contributed by atoms with Gasteiger partial charge < -0.3 is 19.5 Å². The van der Waals surface area contributed by atoms with Crippen molar-refractivity contribution in [2.24, 2.45) is 0 Å². The number of aryl methyl sites for hydroxylation is 1. The average Bonchev–Trinajstić information content (AvgIpc) is 3.33. The van der Waals surface area contributed by atoms with Crippen LogP contribution in [0.2, 0.25) is 5.02 Å². The Labute approximate surface area is 250 Å². The number of aromatic nitrogens is 1. The lowest BCUT2D eigenvalue weighted by molar-refractivity contribution is 0.0941. The number of anilines is 1. The van der Waals surface area contributed by atoms with Gasteiger partial charge in [-0.3, -0.25) is 9.59 Å². The van der Waals surface area contributed by atoms with Crippen LogP contribution in [0.5, 0.6) is 5.75 Å². The van der Waals surface area contributed by atoms with Crippen molar-refractivity contribution in [3.63, 3.8) is 0 Å². The minimum atomic E-state index is -0.176. The van der Waals surface area contributed by atoms with Crippen LogP contribution in [0.15, 0.2) is 103 Å². The summed E-state index contributed by atoms with van der Waals surface area (Å²) < 4.78 is 7.74. The third kappa shape index (κ3) is 5.29. The van der Waals surface area contributed by atoms with Gasteiger partial charge in [-0.1, -0.05) is 66.2 Å². The van der Waals surface area contributed by atoms with E-state index in [1.807, 2.05) is 83.4 Å². The van der Waals surface area contributed by atoms with Gasteiger partial charge in [0, 0.05) is 34.1 Å². The summed E-state index contributed by atoms with van der Waals surface area (Å²) in [4.78, 5) is 29.2.